The van der Waals surface area contributed by atoms with Crippen molar-refractivity contribution in [3.05, 3.63) is 40.6 Å². The van der Waals surface area contributed by atoms with Crippen LogP contribution in [0.25, 0.3) is 22.3 Å². The zero-order valence-corrected chi connectivity index (χ0v) is 18.8. The molecule has 5 atom stereocenters. The van der Waals surface area contributed by atoms with Gasteiger partial charge < -0.3 is 54.0 Å². The van der Waals surface area contributed by atoms with Gasteiger partial charge in [0.1, 0.15) is 40.8 Å². The Morgan fingerprint density at radius 1 is 0.944 bits per heavy atom. The highest BCUT2D eigenvalue weighted by atomic mass is 16.7. The number of carboxylic acids is 1. The van der Waals surface area contributed by atoms with Crippen LogP contribution in [0, 0.1) is 0 Å². The molecule has 1 aliphatic rings. The number of fused-ring (bicyclic) bond motifs is 1. The van der Waals surface area contributed by atoms with Gasteiger partial charge in [-0.15, -0.1) is 0 Å². The molecule has 0 spiro atoms. The lowest BCUT2D eigenvalue weighted by atomic mass is 9.99. The number of hydrogen-bond donors (Lipinski definition) is 6. The number of ether oxygens (including phenoxy) is 4. The third kappa shape index (κ3) is 4.24. The smallest absolute Gasteiger partial charge is 0.335 e. The second-order valence-corrected chi connectivity index (χ2v) is 7.85. The van der Waals surface area contributed by atoms with Gasteiger partial charge in [-0.05, 0) is 18.2 Å². The van der Waals surface area contributed by atoms with Gasteiger partial charge in [-0.3, -0.25) is 4.79 Å². The first kappa shape index (κ1) is 25.1. The van der Waals surface area contributed by atoms with Crippen molar-refractivity contribution in [2.24, 2.45) is 0 Å². The standard InChI is InChI=1S/C23H22O13/c1-32-12-5-8(3-4-10(12)24)19-20(33-2)15(26)14-11(25)6-9(7-13(14)35-19)34-23-18(29)16(27)17(28)21(36-23)22(30)31/h3-7,16-18,21,23-25,27-29H,1-2H3,(H,30,31)/t16-,17+,18+,21-,23-/m1/s1. The summed E-state index contributed by atoms with van der Waals surface area (Å²) in [6.07, 6.45) is -9.33. The van der Waals surface area contributed by atoms with Crippen LogP contribution in [0.5, 0.6) is 28.7 Å². The molecule has 1 saturated heterocycles. The van der Waals surface area contributed by atoms with Crippen molar-refractivity contribution in [1.82, 2.24) is 0 Å². The Kier molecular flexibility index (Phi) is 6.65. The van der Waals surface area contributed by atoms with E-state index in [9.17, 15) is 40.2 Å². The Hall–Kier alpha value is -4.04. The number of rotatable bonds is 6. The number of methoxy groups -OCH3 is 2. The van der Waals surface area contributed by atoms with Gasteiger partial charge in [-0.2, -0.15) is 0 Å². The van der Waals surface area contributed by atoms with Crippen molar-refractivity contribution in [2.45, 2.75) is 30.7 Å². The summed E-state index contributed by atoms with van der Waals surface area (Å²) in [6.45, 7) is 0. The van der Waals surface area contributed by atoms with Crippen LogP contribution in [0.15, 0.2) is 39.5 Å². The number of carbonyl (C=O) groups is 1. The van der Waals surface area contributed by atoms with Crippen LogP contribution in [0.4, 0.5) is 0 Å². The fourth-order valence-corrected chi connectivity index (χ4v) is 3.80. The predicted molar refractivity (Wildman–Crippen MR) is 119 cm³/mol. The highest BCUT2D eigenvalue weighted by Crippen LogP contribution is 2.39. The number of aliphatic carboxylic acids is 1. The lowest BCUT2D eigenvalue weighted by Gasteiger charge is -2.38. The molecule has 0 bridgehead atoms. The van der Waals surface area contributed by atoms with Crippen LogP contribution >= 0.6 is 0 Å². The average molecular weight is 506 g/mol. The van der Waals surface area contributed by atoms with E-state index in [-0.39, 0.29) is 39.7 Å². The van der Waals surface area contributed by atoms with Crippen LogP contribution in [0.3, 0.4) is 0 Å². The zero-order chi connectivity index (χ0) is 26.3. The molecule has 192 valence electrons. The second kappa shape index (κ2) is 9.54. The molecule has 0 amide bonds. The van der Waals surface area contributed by atoms with Crippen molar-refractivity contribution in [1.29, 1.82) is 0 Å². The minimum atomic E-state index is -1.92. The molecular weight excluding hydrogens is 484 g/mol. The summed E-state index contributed by atoms with van der Waals surface area (Å²) in [4.78, 5) is 24.4. The molecule has 13 nitrogen and oxygen atoms in total. The second-order valence-electron chi connectivity index (χ2n) is 7.85. The minimum absolute atomic E-state index is 0.0664. The van der Waals surface area contributed by atoms with Gasteiger partial charge in [0.15, 0.2) is 23.4 Å². The molecule has 1 aromatic heterocycles. The topological polar surface area (TPSA) is 206 Å². The van der Waals surface area contributed by atoms with Crippen LogP contribution in [-0.4, -0.2) is 81.5 Å². The summed E-state index contributed by atoms with van der Waals surface area (Å²) in [7, 11) is 2.56. The molecule has 6 N–H and O–H groups in total. The van der Waals surface area contributed by atoms with Crippen molar-refractivity contribution < 1.29 is 58.8 Å². The molecule has 0 aliphatic carbocycles. The average Bonchev–Trinajstić information content (AvgIpc) is 2.84. The molecule has 0 radical (unpaired) electrons. The number of phenols is 2. The van der Waals surface area contributed by atoms with Gasteiger partial charge in [0.25, 0.3) is 0 Å². The first-order chi connectivity index (χ1) is 17.1. The van der Waals surface area contributed by atoms with Crippen LogP contribution < -0.4 is 19.6 Å². The Labute approximate surface area is 201 Å². The number of benzene rings is 2. The van der Waals surface area contributed by atoms with E-state index in [1.54, 1.807) is 0 Å². The summed E-state index contributed by atoms with van der Waals surface area (Å²) < 4.78 is 26.6. The van der Waals surface area contributed by atoms with Crippen LogP contribution in [0.2, 0.25) is 0 Å². The zero-order valence-electron chi connectivity index (χ0n) is 18.8. The quantitative estimate of drug-likeness (QED) is 0.264. The van der Waals surface area contributed by atoms with Crippen molar-refractivity contribution in [2.75, 3.05) is 14.2 Å². The maximum absolute atomic E-state index is 13.1. The van der Waals surface area contributed by atoms with Crippen molar-refractivity contribution >= 4 is 16.9 Å². The van der Waals surface area contributed by atoms with Crippen LogP contribution in [0.1, 0.15) is 0 Å². The fourth-order valence-electron chi connectivity index (χ4n) is 3.80. The monoisotopic (exact) mass is 506 g/mol. The van der Waals surface area contributed by atoms with E-state index >= 15 is 0 Å². The number of aromatic hydroxyl groups is 2. The molecule has 1 aliphatic heterocycles. The van der Waals surface area contributed by atoms with E-state index in [2.05, 4.69) is 0 Å². The normalized spacial score (nSPS) is 23.9. The van der Waals surface area contributed by atoms with E-state index < -0.39 is 47.9 Å². The van der Waals surface area contributed by atoms with Gasteiger partial charge in [-0.25, -0.2) is 4.79 Å². The third-order valence-corrected chi connectivity index (χ3v) is 5.62. The maximum atomic E-state index is 13.1. The lowest BCUT2D eigenvalue weighted by molar-refractivity contribution is -0.271. The van der Waals surface area contributed by atoms with Gasteiger partial charge in [-0.1, -0.05) is 0 Å². The highest BCUT2D eigenvalue weighted by molar-refractivity contribution is 5.88. The molecule has 0 unspecified atom stereocenters. The molecule has 0 saturated carbocycles. The molecule has 4 rings (SSSR count). The largest absolute Gasteiger partial charge is 0.507 e. The summed E-state index contributed by atoms with van der Waals surface area (Å²) in [6, 6.07) is 6.31. The van der Waals surface area contributed by atoms with E-state index in [1.807, 2.05) is 0 Å². The first-order valence-corrected chi connectivity index (χ1v) is 10.4. The van der Waals surface area contributed by atoms with Crippen LogP contribution in [-0.2, 0) is 9.53 Å². The summed E-state index contributed by atoms with van der Waals surface area (Å²) >= 11 is 0. The van der Waals surface area contributed by atoms with Gasteiger partial charge in [0, 0.05) is 17.7 Å². The van der Waals surface area contributed by atoms with Crippen molar-refractivity contribution in [3.8, 4) is 40.1 Å². The van der Waals surface area contributed by atoms with E-state index in [0.29, 0.717) is 5.56 Å². The predicted octanol–water partition coefficient (Wildman–Crippen LogP) is 0.159. The minimum Gasteiger partial charge on any atom is -0.507 e. The fraction of sp³-hybridized carbons (Fsp3) is 0.304. The molecule has 2 heterocycles. The summed E-state index contributed by atoms with van der Waals surface area (Å²) in [5, 5.41) is 59.3. The molecule has 36 heavy (non-hydrogen) atoms. The van der Waals surface area contributed by atoms with E-state index in [4.69, 9.17) is 23.4 Å². The lowest BCUT2D eigenvalue weighted by Crippen LogP contribution is -2.61. The highest BCUT2D eigenvalue weighted by Gasteiger charge is 2.48. The SMILES string of the molecule is COc1cc(-c2oc3cc(O[C@@H]4O[C@@H](C(=O)O)[C@@H](O)[C@@H](O)[C@@H]4O)cc(O)c3c(=O)c2OC)ccc1O. The Bertz CT molecular complexity index is 1360. The van der Waals surface area contributed by atoms with Gasteiger partial charge in [0.2, 0.25) is 17.5 Å². The maximum Gasteiger partial charge on any atom is 0.335 e. The van der Waals surface area contributed by atoms with Gasteiger partial charge >= 0.3 is 5.97 Å². The van der Waals surface area contributed by atoms with E-state index in [1.165, 1.54) is 38.5 Å². The van der Waals surface area contributed by atoms with Crippen molar-refractivity contribution in [3.63, 3.8) is 0 Å². The first-order valence-electron chi connectivity index (χ1n) is 10.4. The number of hydrogen-bond acceptors (Lipinski definition) is 12. The van der Waals surface area contributed by atoms with E-state index in [0.717, 1.165) is 6.07 Å². The third-order valence-electron chi connectivity index (χ3n) is 5.62. The van der Waals surface area contributed by atoms with Gasteiger partial charge in [0.05, 0.1) is 14.2 Å². The summed E-state index contributed by atoms with van der Waals surface area (Å²) in [5.74, 6) is -2.79. The number of aliphatic hydroxyl groups is 3. The summed E-state index contributed by atoms with van der Waals surface area (Å²) in [5.41, 5.74) is -0.624. The number of aliphatic hydroxyl groups excluding tert-OH is 3. The Morgan fingerprint density at radius 2 is 1.67 bits per heavy atom. The number of phenolic OH excluding ortho intramolecular Hbond substituents is 2. The molecular formula is C23H22O13. The molecule has 2 aromatic carbocycles. The Balaban J connectivity index is 1.80. The molecule has 1 fully saturated rings. The Morgan fingerprint density at radius 3 is 2.31 bits per heavy atom. The molecule has 13 heteroatoms. The number of carboxylic acid groups (broad SMARTS) is 1. The molecule has 3 aromatic rings.